The second-order valence-electron chi connectivity index (χ2n) is 6.89. The second kappa shape index (κ2) is 8.51. The minimum absolute atomic E-state index is 0.256. The van der Waals surface area contributed by atoms with E-state index in [4.69, 9.17) is 9.15 Å². The number of hydrogen-bond acceptors (Lipinski definition) is 7. The molecule has 0 saturated heterocycles. The van der Waals surface area contributed by atoms with Gasteiger partial charge in [0.2, 0.25) is 0 Å². The van der Waals surface area contributed by atoms with Gasteiger partial charge in [0.05, 0.1) is 16.1 Å². The molecule has 7 heteroatoms. The lowest BCUT2D eigenvalue weighted by Gasteiger charge is -2.15. The maximum absolute atomic E-state index is 12.9. The van der Waals surface area contributed by atoms with Gasteiger partial charge in [-0.2, -0.15) is 0 Å². The van der Waals surface area contributed by atoms with E-state index in [1.807, 2.05) is 48.7 Å². The fraction of sp³-hybridized carbons (Fsp3) is 0.174. The first-order chi connectivity index (χ1) is 14.5. The van der Waals surface area contributed by atoms with E-state index in [1.54, 1.807) is 19.1 Å². The van der Waals surface area contributed by atoms with Crippen LogP contribution in [0.2, 0.25) is 0 Å². The monoisotopic (exact) mass is 419 g/mol. The van der Waals surface area contributed by atoms with E-state index in [1.165, 1.54) is 16.9 Å². The molecule has 152 valence electrons. The van der Waals surface area contributed by atoms with E-state index >= 15 is 0 Å². The van der Waals surface area contributed by atoms with E-state index < -0.39 is 12.1 Å². The largest absolute Gasteiger partial charge is 0.449 e. The number of aryl methyl sites for hydroxylation is 1. The number of carbonyl (C=O) groups is 1. The minimum atomic E-state index is -0.674. The topological polar surface area (TPSA) is 77.2 Å². The number of rotatable bonds is 6. The summed E-state index contributed by atoms with van der Waals surface area (Å²) in [4.78, 5) is 13.7. The van der Waals surface area contributed by atoms with E-state index in [-0.39, 0.29) is 5.89 Å². The Bertz CT molecular complexity index is 1170. The fourth-order valence-electron chi connectivity index (χ4n) is 2.97. The van der Waals surface area contributed by atoms with Crippen molar-refractivity contribution in [2.45, 2.75) is 26.9 Å². The third-order valence-electron chi connectivity index (χ3n) is 4.83. The van der Waals surface area contributed by atoms with Crippen molar-refractivity contribution in [1.82, 2.24) is 10.2 Å². The Morgan fingerprint density at radius 1 is 1.03 bits per heavy atom. The van der Waals surface area contributed by atoms with Crippen LogP contribution in [0.25, 0.3) is 10.8 Å². The number of benzene rings is 2. The molecule has 1 atom stereocenters. The molecule has 0 spiro atoms. The Balaban J connectivity index is 1.52. The summed E-state index contributed by atoms with van der Waals surface area (Å²) >= 11 is 1.50. The van der Waals surface area contributed by atoms with Crippen molar-refractivity contribution in [2.24, 2.45) is 0 Å². The van der Waals surface area contributed by atoms with E-state index in [2.05, 4.69) is 28.5 Å². The van der Waals surface area contributed by atoms with Crippen molar-refractivity contribution >= 4 is 28.7 Å². The summed E-state index contributed by atoms with van der Waals surface area (Å²) in [5, 5.41) is 13.3. The molecule has 0 bridgehead atoms. The molecule has 0 aliphatic carbocycles. The average Bonchev–Trinajstić information content (AvgIpc) is 3.43. The molecule has 1 N–H and O–H groups in total. The number of carbonyl (C=O) groups excluding carboxylic acids is 1. The first kappa shape index (κ1) is 19.8. The van der Waals surface area contributed by atoms with E-state index in [9.17, 15) is 4.79 Å². The zero-order valence-electron chi connectivity index (χ0n) is 16.9. The molecule has 0 aliphatic rings. The molecule has 4 rings (SSSR count). The predicted octanol–water partition coefficient (Wildman–Crippen LogP) is 6.08. The highest BCUT2D eigenvalue weighted by atomic mass is 32.1. The van der Waals surface area contributed by atoms with Crippen LogP contribution >= 0.6 is 11.3 Å². The summed E-state index contributed by atoms with van der Waals surface area (Å²) < 4.78 is 11.3. The van der Waals surface area contributed by atoms with E-state index in [0.717, 1.165) is 16.1 Å². The Morgan fingerprint density at radius 2 is 1.83 bits per heavy atom. The van der Waals surface area contributed by atoms with Gasteiger partial charge in [0, 0.05) is 5.69 Å². The highest BCUT2D eigenvalue weighted by molar-refractivity contribution is 7.13. The lowest BCUT2D eigenvalue weighted by Crippen LogP contribution is -2.11. The van der Waals surface area contributed by atoms with Crippen LogP contribution in [-0.2, 0) is 4.74 Å². The molecule has 0 saturated carbocycles. The van der Waals surface area contributed by atoms with Gasteiger partial charge in [-0.3, -0.25) is 0 Å². The number of nitrogens with one attached hydrogen (secondary N) is 1. The highest BCUT2D eigenvalue weighted by Crippen LogP contribution is 2.29. The Kier molecular flexibility index (Phi) is 5.63. The molecule has 0 unspecified atom stereocenters. The number of thiophene rings is 1. The van der Waals surface area contributed by atoms with Gasteiger partial charge in [-0.05, 0) is 61.5 Å². The van der Waals surface area contributed by atoms with Crippen molar-refractivity contribution in [1.29, 1.82) is 0 Å². The smallest absolute Gasteiger partial charge is 0.341 e. The van der Waals surface area contributed by atoms with Gasteiger partial charge in [0.15, 0.2) is 6.10 Å². The molecule has 0 radical (unpaired) electrons. The highest BCUT2D eigenvalue weighted by Gasteiger charge is 2.22. The summed E-state index contributed by atoms with van der Waals surface area (Å²) in [5.41, 5.74) is 4.35. The molecule has 0 fully saturated rings. The van der Waals surface area contributed by atoms with Crippen LogP contribution in [0.4, 0.5) is 11.4 Å². The standard InChI is InChI=1S/C23H21N3O3S/c1-14-8-6-11-18(15(14)2)24-19-10-5-4-9-17(19)23(27)28-16(3)21-25-26-22(29-21)20-12-7-13-30-20/h4-13,16,24H,1-3H3/t16-/m0/s1. The lowest BCUT2D eigenvalue weighted by atomic mass is 10.1. The predicted molar refractivity (Wildman–Crippen MR) is 117 cm³/mol. The Morgan fingerprint density at radius 3 is 2.63 bits per heavy atom. The normalized spacial score (nSPS) is 11.8. The van der Waals surface area contributed by atoms with Gasteiger partial charge in [0.25, 0.3) is 11.8 Å². The quantitative estimate of drug-likeness (QED) is 0.382. The van der Waals surface area contributed by atoms with Gasteiger partial charge >= 0.3 is 5.97 Å². The zero-order valence-corrected chi connectivity index (χ0v) is 17.7. The van der Waals surface area contributed by atoms with Crippen molar-refractivity contribution in [3.63, 3.8) is 0 Å². The zero-order chi connectivity index (χ0) is 21.1. The third-order valence-corrected chi connectivity index (χ3v) is 5.68. The molecule has 2 aromatic carbocycles. The molecule has 30 heavy (non-hydrogen) atoms. The number of esters is 1. The number of anilines is 2. The number of hydrogen-bond donors (Lipinski definition) is 1. The lowest BCUT2D eigenvalue weighted by molar-refractivity contribution is 0.0281. The van der Waals surface area contributed by atoms with Crippen molar-refractivity contribution < 1.29 is 13.9 Å². The van der Waals surface area contributed by atoms with Crippen molar-refractivity contribution in [2.75, 3.05) is 5.32 Å². The molecule has 2 aromatic heterocycles. The maximum atomic E-state index is 12.9. The van der Waals surface area contributed by atoms with Crippen LogP contribution < -0.4 is 5.32 Å². The molecule has 2 heterocycles. The van der Waals surface area contributed by atoms with Crippen LogP contribution in [0.5, 0.6) is 0 Å². The molecule has 0 aliphatic heterocycles. The van der Waals surface area contributed by atoms with Crippen LogP contribution in [0.3, 0.4) is 0 Å². The van der Waals surface area contributed by atoms with Crippen molar-refractivity contribution in [3.8, 4) is 10.8 Å². The van der Waals surface area contributed by atoms with Crippen LogP contribution in [0.1, 0.15) is 40.4 Å². The first-order valence-electron chi connectivity index (χ1n) is 9.53. The molecule has 4 aromatic rings. The number of aromatic nitrogens is 2. The van der Waals surface area contributed by atoms with Gasteiger partial charge in [-0.1, -0.05) is 30.3 Å². The SMILES string of the molecule is Cc1cccc(Nc2ccccc2C(=O)O[C@@H](C)c2nnc(-c3cccs3)o2)c1C. The third kappa shape index (κ3) is 4.11. The Hall–Kier alpha value is -3.45. The van der Waals surface area contributed by atoms with Gasteiger partial charge in [-0.15, -0.1) is 21.5 Å². The maximum Gasteiger partial charge on any atom is 0.341 e. The molecular formula is C23H21N3O3S. The number of nitrogens with zero attached hydrogens (tertiary/aromatic N) is 2. The van der Waals surface area contributed by atoms with Crippen LogP contribution in [0.15, 0.2) is 64.4 Å². The van der Waals surface area contributed by atoms with Crippen LogP contribution in [-0.4, -0.2) is 16.2 Å². The fourth-order valence-corrected chi connectivity index (χ4v) is 3.62. The minimum Gasteiger partial charge on any atom is -0.449 e. The van der Waals surface area contributed by atoms with E-state index in [0.29, 0.717) is 17.1 Å². The van der Waals surface area contributed by atoms with Gasteiger partial charge in [-0.25, -0.2) is 4.79 Å². The summed E-state index contributed by atoms with van der Waals surface area (Å²) in [6, 6.07) is 17.1. The first-order valence-corrected chi connectivity index (χ1v) is 10.4. The summed E-state index contributed by atoms with van der Waals surface area (Å²) in [7, 11) is 0. The summed E-state index contributed by atoms with van der Waals surface area (Å²) in [6.07, 6.45) is -0.674. The average molecular weight is 420 g/mol. The number of ether oxygens (including phenoxy) is 1. The molecule has 6 nitrogen and oxygen atoms in total. The van der Waals surface area contributed by atoms with Crippen molar-refractivity contribution in [3.05, 3.63) is 82.6 Å². The molecular weight excluding hydrogens is 398 g/mol. The Labute approximate surface area is 178 Å². The molecule has 0 amide bonds. The van der Waals surface area contributed by atoms with Gasteiger partial charge in [0.1, 0.15) is 0 Å². The summed E-state index contributed by atoms with van der Waals surface area (Å²) in [6.45, 7) is 5.81. The van der Waals surface area contributed by atoms with Gasteiger partial charge < -0.3 is 14.5 Å². The summed E-state index contributed by atoms with van der Waals surface area (Å²) in [5.74, 6) is 0.207. The number of para-hydroxylation sites is 1. The second-order valence-corrected chi connectivity index (χ2v) is 7.84. The van der Waals surface area contributed by atoms with Crippen LogP contribution in [0, 0.1) is 13.8 Å².